The summed E-state index contributed by atoms with van der Waals surface area (Å²) >= 11 is 0. The number of hydrogen-bond acceptors (Lipinski definition) is 2. The van der Waals surface area contributed by atoms with Crippen molar-refractivity contribution in [3.63, 3.8) is 0 Å². The fourth-order valence-electron chi connectivity index (χ4n) is 4.59. The molecular formula is C17H16O2. The summed E-state index contributed by atoms with van der Waals surface area (Å²) in [6.07, 6.45) is 5.89. The fraction of sp³-hybridized carbons (Fsp3) is 0.412. The first-order valence-corrected chi connectivity index (χ1v) is 7.04. The van der Waals surface area contributed by atoms with Crippen LogP contribution < -0.4 is 0 Å². The van der Waals surface area contributed by atoms with Crippen molar-refractivity contribution in [1.82, 2.24) is 0 Å². The van der Waals surface area contributed by atoms with Gasteiger partial charge in [-0.05, 0) is 29.9 Å². The Balaban J connectivity index is 1.81. The molecule has 0 aliphatic heterocycles. The van der Waals surface area contributed by atoms with Crippen LogP contribution in [0.2, 0.25) is 0 Å². The first-order chi connectivity index (χ1) is 9.30. The second-order valence-electron chi connectivity index (χ2n) is 5.99. The molecule has 1 aromatic carbocycles. The van der Waals surface area contributed by atoms with Gasteiger partial charge in [-0.1, -0.05) is 36.4 Å². The molecule has 0 aromatic heterocycles. The lowest BCUT2D eigenvalue weighted by molar-refractivity contribution is -0.124. The van der Waals surface area contributed by atoms with E-state index in [1.54, 1.807) is 0 Å². The minimum atomic E-state index is -0.318. The number of carbonyl (C=O) groups is 2. The van der Waals surface area contributed by atoms with Gasteiger partial charge in [-0.25, -0.2) is 0 Å². The minimum Gasteiger partial charge on any atom is -0.303 e. The van der Waals surface area contributed by atoms with Crippen LogP contribution in [0.25, 0.3) is 5.57 Å². The highest BCUT2D eigenvalue weighted by Gasteiger charge is 2.75. The van der Waals surface area contributed by atoms with Crippen LogP contribution >= 0.6 is 0 Å². The normalized spacial score (nSPS) is 39.3. The smallest absolute Gasteiger partial charge is 0.140 e. The van der Waals surface area contributed by atoms with E-state index in [0.29, 0.717) is 18.1 Å². The summed E-state index contributed by atoms with van der Waals surface area (Å²) in [6, 6.07) is 10.2. The van der Waals surface area contributed by atoms with Crippen molar-refractivity contribution in [2.24, 2.45) is 23.2 Å². The van der Waals surface area contributed by atoms with Gasteiger partial charge in [0, 0.05) is 23.7 Å². The standard InChI is InChI=1S/C17H16O2/c18-10-14-16-13(11-4-2-1-3-5-11)8-6-12-7-9-15(19)17(12,14)16/h1-5,8,10,12,14,16H,6-7,9H2/t12-,14+,16?,17?/m0/s1. The van der Waals surface area contributed by atoms with E-state index in [4.69, 9.17) is 0 Å². The van der Waals surface area contributed by atoms with Crippen LogP contribution in [0.5, 0.6) is 0 Å². The van der Waals surface area contributed by atoms with Crippen molar-refractivity contribution in [3.8, 4) is 0 Å². The number of aldehydes is 1. The molecule has 2 saturated carbocycles. The average molecular weight is 252 g/mol. The maximum Gasteiger partial charge on any atom is 0.140 e. The molecule has 1 aromatic rings. The van der Waals surface area contributed by atoms with Crippen LogP contribution in [0.4, 0.5) is 0 Å². The third-order valence-electron chi connectivity index (χ3n) is 5.41. The zero-order chi connectivity index (χ0) is 13.0. The van der Waals surface area contributed by atoms with E-state index in [1.165, 1.54) is 11.1 Å². The Morgan fingerprint density at radius 3 is 2.74 bits per heavy atom. The van der Waals surface area contributed by atoms with Gasteiger partial charge in [-0.15, -0.1) is 0 Å². The van der Waals surface area contributed by atoms with Gasteiger partial charge in [-0.3, -0.25) is 4.79 Å². The molecule has 2 nitrogen and oxygen atoms in total. The molecule has 4 rings (SSSR count). The van der Waals surface area contributed by atoms with Crippen LogP contribution in [0.15, 0.2) is 36.4 Å². The number of rotatable bonds is 2. The van der Waals surface area contributed by atoms with Crippen molar-refractivity contribution in [2.75, 3.05) is 0 Å². The van der Waals surface area contributed by atoms with Gasteiger partial charge in [0.2, 0.25) is 0 Å². The van der Waals surface area contributed by atoms with E-state index in [1.807, 2.05) is 18.2 Å². The Labute approximate surface area is 112 Å². The molecule has 0 heterocycles. The van der Waals surface area contributed by atoms with Gasteiger partial charge in [0.15, 0.2) is 0 Å². The molecule has 0 N–H and O–H groups in total. The summed E-state index contributed by atoms with van der Waals surface area (Å²) < 4.78 is 0. The molecule has 1 spiro atoms. The SMILES string of the molecule is O=C[C@@H]1C2C(c3ccccc3)=CC[C@H]3CCC(=O)C231. The Morgan fingerprint density at radius 1 is 1.21 bits per heavy atom. The lowest BCUT2D eigenvalue weighted by Gasteiger charge is -2.24. The number of hydrogen-bond donors (Lipinski definition) is 0. The van der Waals surface area contributed by atoms with Crippen LogP contribution in [-0.4, -0.2) is 12.1 Å². The van der Waals surface area contributed by atoms with Gasteiger partial charge in [-0.2, -0.15) is 0 Å². The predicted molar refractivity (Wildman–Crippen MR) is 72.2 cm³/mol. The monoisotopic (exact) mass is 252 g/mol. The van der Waals surface area contributed by atoms with Crippen LogP contribution in [0.3, 0.4) is 0 Å². The molecule has 2 heteroatoms. The maximum atomic E-state index is 12.3. The second-order valence-corrected chi connectivity index (χ2v) is 5.99. The summed E-state index contributed by atoms with van der Waals surface area (Å²) in [7, 11) is 0. The van der Waals surface area contributed by atoms with E-state index >= 15 is 0 Å². The molecular weight excluding hydrogens is 236 g/mol. The predicted octanol–water partition coefficient (Wildman–Crippen LogP) is 2.88. The first kappa shape index (κ1) is 11.2. The molecule has 2 unspecified atom stereocenters. The molecule has 4 atom stereocenters. The zero-order valence-corrected chi connectivity index (χ0v) is 10.7. The lowest BCUT2D eigenvalue weighted by Crippen LogP contribution is -2.23. The van der Waals surface area contributed by atoms with Crippen molar-refractivity contribution in [1.29, 1.82) is 0 Å². The summed E-state index contributed by atoms with van der Waals surface area (Å²) in [5.74, 6) is 0.830. The van der Waals surface area contributed by atoms with Crippen molar-refractivity contribution < 1.29 is 9.59 Å². The molecule has 0 bridgehead atoms. The van der Waals surface area contributed by atoms with Crippen molar-refractivity contribution in [3.05, 3.63) is 42.0 Å². The highest BCUT2D eigenvalue weighted by molar-refractivity contribution is 6.00. The van der Waals surface area contributed by atoms with E-state index in [9.17, 15) is 9.59 Å². The number of allylic oxidation sites excluding steroid dienone is 2. The zero-order valence-electron chi connectivity index (χ0n) is 10.7. The molecule has 0 amide bonds. The lowest BCUT2D eigenvalue weighted by atomic mass is 9.79. The van der Waals surface area contributed by atoms with E-state index in [0.717, 1.165) is 19.1 Å². The largest absolute Gasteiger partial charge is 0.303 e. The number of ketones is 1. The molecule has 3 aliphatic carbocycles. The van der Waals surface area contributed by atoms with Crippen LogP contribution in [0, 0.1) is 23.2 Å². The summed E-state index contributed by atoms with van der Waals surface area (Å²) in [6.45, 7) is 0. The summed E-state index contributed by atoms with van der Waals surface area (Å²) in [5, 5.41) is 0. The van der Waals surface area contributed by atoms with Crippen molar-refractivity contribution in [2.45, 2.75) is 19.3 Å². The van der Waals surface area contributed by atoms with Gasteiger partial charge < -0.3 is 4.79 Å². The number of benzene rings is 1. The quantitative estimate of drug-likeness (QED) is 0.758. The number of Topliss-reactive ketones (excluding diaryl/α,β-unsaturated/α-hetero) is 1. The maximum absolute atomic E-state index is 12.3. The minimum absolute atomic E-state index is 0.0681. The summed E-state index contributed by atoms with van der Waals surface area (Å²) in [4.78, 5) is 23.7. The Kier molecular flexibility index (Phi) is 2.15. The molecule has 96 valence electrons. The van der Waals surface area contributed by atoms with Gasteiger partial charge in [0.1, 0.15) is 12.1 Å². The highest BCUT2D eigenvalue weighted by atomic mass is 16.1. The molecule has 19 heavy (non-hydrogen) atoms. The average Bonchev–Trinajstić information content (AvgIpc) is 3.05. The van der Waals surface area contributed by atoms with E-state index < -0.39 is 0 Å². The summed E-state index contributed by atoms with van der Waals surface area (Å²) in [5.41, 5.74) is 2.08. The fourth-order valence-corrected chi connectivity index (χ4v) is 4.59. The topological polar surface area (TPSA) is 34.1 Å². The number of carbonyl (C=O) groups excluding carboxylic acids is 2. The molecule has 3 aliphatic rings. The Bertz CT molecular complexity index is 587. The van der Waals surface area contributed by atoms with Crippen LogP contribution in [-0.2, 0) is 9.59 Å². The third kappa shape index (κ3) is 1.22. The molecule has 0 saturated heterocycles. The van der Waals surface area contributed by atoms with Gasteiger partial charge >= 0.3 is 0 Å². The van der Waals surface area contributed by atoms with E-state index in [-0.39, 0.29) is 17.3 Å². The van der Waals surface area contributed by atoms with Crippen molar-refractivity contribution >= 4 is 17.6 Å². The Hall–Kier alpha value is -1.70. The highest BCUT2D eigenvalue weighted by Crippen LogP contribution is 2.73. The Morgan fingerprint density at radius 2 is 2.00 bits per heavy atom. The second kappa shape index (κ2) is 3.66. The van der Waals surface area contributed by atoms with E-state index in [2.05, 4.69) is 18.2 Å². The molecule has 0 radical (unpaired) electrons. The molecule has 2 fully saturated rings. The van der Waals surface area contributed by atoms with Gasteiger partial charge in [0.25, 0.3) is 0 Å². The van der Waals surface area contributed by atoms with Crippen LogP contribution in [0.1, 0.15) is 24.8 Å². The first-order valence-electron chi connectivity index (χ1n) is 7.04. The van der Waals surface area contributed by atoms with Gasteiger partial charge in [0.05, 0.1) is 0 Å². The third-order valence-corrected chi connectivity index (χ3v) is 5.41.